The number of aliphatic hydroxyl groups is 1. The first-order valence-electron chi connectivity index (χ1n) is 5.25. The van der Waals surface area contributed by atoms with Crippen molar-refractivity contribution >= 4 is 5.91 Å². The van der Waals surface area contributed by atoms with Crippen LogP contribution in [0.3, 0.4) is 0 Å². The molecule has 2 fully saturated rings. The highest BCUT2D eigenvalue weighted by Crippen LogP contribution is 2.30. The Labute approximate surface area is 78.5 Å². The van der Waals surface area contributed by atoms with Crippen molar-refractivity contribution in [2.24, 2.45) is 5.92 Å². The second-order valence-electron chi connectivity index (χ2n) is 4.26. The summed E-state index contributed by atoms with van der Waals surface area (Å²) in [6, 6.07) is 0.0489. The normalized spacial score (nSPS) is 36.2. The fourth-order valence-electron chi connectivity index (χ4n) is 2.58. The van der Waals surface area contributed by atoms with Crippen LogP contribution in [-0.4, -0.2) is 23.2 Å². The maximum absolute atomic E-state index is 11.0. The van der Waals surface area contributed by atoms with E-state index >= 15 is 0 Å². The maximum atomic E-state index is 11.0. The quantitative estimate of drug-likeness (QED) is 0.632. The maximum Gasteiger partial charge on any atom is 0.222 e. The molecule has 2 N–H and O–H groups in total. The molecule has 1 saturated carbocycles. The smallest absolute Gasteiger partial charge is 0.222 e. The van der Waals surface area contributed by atoms with Crippen LogP contribution in [0.5, 0.6) is 0 Å². The molecule has 0 aromatic rings. The van der Waals surface area contributed by atoms with Crippen molar-refractivity contribution in [3.05, 3.63) is 0 Å². The van der Waals surface area contributed by atoms with Crippen LogP contribution in [0, 0.1) is 5.92 Å². The summed E-state index contributed by atoms with van der Waals surface area (Å²) in [5.74, 6) is 0.540. The molecule has 2 aliphatic rings. The average Bonchev–Trinajstić information content (AvgIpc) is 2.47. The van der Waals surface area contributed by atoms with Gasteiger partial charge in [-0.15, -0.1) is 0 Å². The van der Waals surface area contributed by atoms with E-state index in [4.69, 9.17) is 0 Å². The summed E-state index contributed by atoms with van der Waals surface area (Å²) in [5, 5.41) is 12.5. The van der Waals surface area contributed by atoms with Crippen molar-refractivity contribution < 1.29 is 9.90 Å². The van der Waals surface area contributed by atoms with Gasteiger partial charge in [-0.2, -0.15) is 0 Å². The largest absolute Gasteiger partial charge is 0.390 e. The van der Waals surface area contributed by atoms with Crippen LogP contribution in [0.4, 0.5) is 0 Å². The molecule has 1 saturated heterocycles. The van der Waals surface area contributed by atoms with E-state index in [-0.39, 0.29) is 11.9 Å². The molecule has 0 aromatic carbocycles. The van der Waals surface area contributed by atoms with Gasteiger partial charge < -0.3 is 10.4 Å². The lowest BCUT2D eigenvalue weighted by Gasteiger charge is -2.28. The molecule has 1 aliphatic carbocycles. The minimum atomic E-state index is -0.435. The van der Waals surface area contributed by atoms with Gasteiger partial charge in [0.05, 0.1) is 18.6 Å². The zero-order chi connectivity index (χ0) is 9.26. The highest BCUT2D eigenvalue weighted by molar-refractivity contribution is 5.79. The van der Waals surface area contributed by atoms with Gasteiger partial charge in [0.2, 0.25) is 5.91 Å². The van der Waals surface area contributed by atoms with Crippen molar-refractivity contribution in [1.29, 1.82) is 0 Å². The molecule has 2 rings (SSSR count). The first-order chi connectivity index (χ1) is 6.27. The monoisotopic (exact) mass is 183 g/mol. The molecular formula is C10H17NO2. The van der Waals surface area contributed by atoms with Crippen LogP contribution < -0.4 is 5.32 Å². The number of carbonyl (C=O) groups is 1. The molecule has 1 amide bonds. The molecule has 1 aliphatic heterocycles. The van der Waals surface area contributed by atoms with Crippen molar-refractivity contribution in [1.82, 2.24) is 5.32 Å². The average molecular weight is 183 g/mol. The van der Waals surface area contributed by atoms with Crippen LogP contribution in [0.2, 0.25) is 0 Å². The fourth-order valence-corrected chi connectivity index (χ4v) is 2.58. The number of hydrogen-bond acceptors (Lipinski definition) is 2. The minimum Gasteiger partial charge on any atom is -0.390 e. The molecule has 3 nitrogen and oxygen atoms in total. The van der Waals surface area contributed by atoms with E-state index < -0.39 is 6.10 Å². The summed E-state index contributed by atoms with van der Waals surface area (Å²) in [6.07, 6.45) is 6.03. The van der Waals surface area contributed by atoms with Crippen molar-refractivity contribution in [2.75, 3.05) is 0 Å². The fraction of sp³-hybridized carbons (Fsp3) is 0.900. The lowest BCUT2D eigenvalue weighted by molar-refractivity contribution is -0.119. The molecule has 2 unspecified atom stereocenters. The Balaban J connectivity index is 1.95. The second kappa shape index (κ2) is 3.66. The van der Waals surface area contributed by atoms with Gasteiger partial charge in [-0.3, -0.25) is 4.79 Å². The van der Waals surface area contributed by atoms with Crippen molar-refractivity contribution in [3.8, 4) is 0 Å². The van der Waals surface area contributed by atoms with E-state index in [1.807, 2.05) is 0 Å². The predicted octanol–water partition coefficient (Wildman–Crippen LogP) is 0.816. The van der Waals surface area contributed by atoms with Crippen LogP contribution in [-0.2, 0) is 4.79 Å². The van der Waals surface area contributed by atoms with Crippen LogP contribution in [0.1, 0.15) is 38.5 Å². The molecule has 13 heavy (non-hydrogen) atoms. The Morgan fingerprint density at radius 1 is 1.23 bits per heavy atom. The Hall–Kier alpha value is -0.570. The first-order valence-corrected chi connectivity index (χ1v) is 5.25. The van der Waals surface area contributed by atoms with Gasteiger partial charge in [-0.25, -0.2) is 0 Å². The third-order valence-corrected chi connectivity index (χ3v) is 3.29. The predicted molar refractivity (Wildman–Crippen MR) is 49.1 cm³/mol. The van der Waals surface area contributed by atoms with Crippen molar-refractivity contribution in [2.45, 2.75) is 50.7 Å². The first kappa shape index (κ1) is 9.00. The van der Waals surface area contributed by atoms with E-state index in [2.05, 4.69) is 5.32 Å². The van der Waals surface area contributed by atoms with Gasteiger partial charge in [-0.05, 0) is 18.8 Å². The number of rotatable bonds is 1. The van der Waals surface area contributed by atoms with E-state index in [9.17, 15) is 9.90 Å². The number of hydrogen-bond donors (Lipinski definition) is 2. The van der Waals surface area contributed by atoms with Gasteiger partial charge in [0.15, 0.2) is 0 Å². The Kier molecular flexibility index (Phi) is 2.54. The topological polar surface area (TPSA) is 49.3 Å². The van der Waals surface area contributed by atoms with Gasteiger partial charge in [0.25, 0.3) is 0 Å². The summed E-state index contributed by atoms with van der Waals surface area (Å²) >= 11 is 0. The standard InChI is InChI=1S/C10H17NO2/c12-8-6-9(13)11-10(8)7-4-2-1-3-5-7/h7-8,10,12H,1-6H2,(H,11,13). The Bertz CT molecular complexity index is 199. The van der Waals surface area contributed by atoms with E-state index in [1.165, 1.54) is 32.1 Å². The third-order valence-electron chi connectivity index (χ3n) is 3.29. The summed E-state index contributed by atoms with van der Waals surface area (Å²) in [6.45, 7) is 0. The number of amides is 1. The van der Waals surface area contributed by atoms with Gasteiger partial charge in [0.1, 0.15) is 0 Å². The number of carbonyl (C=O) groups excluding carboxylic acids is 1. The highest BCUT2D eigenvalue weighted by atomic mass is 16.3. The molecule has 0 spiro atoms. The Morgan fingerprint density at radius 3 is 2.46 bits per heavy atom. The van der Waals surface area contributed by atoms with Crippen molar-refractivity contribution in [3.63, 3.8) is 0 Å². The molecule has 2 atom stereocenters. The van der Waals surface area contributed by atoms with Crippen LogP contribution in [0.25, 0.3) is 0 Å². The Morgan fingerprint density at radius 2 is 1.92 bits per heavy atom. The molecule has 3 heteroatoms. The molecule has 1 heterocycles. The zero-order valence-electron chi connectivity index (χ0n) is 7.83. The lowest BCUT2D eigenvalue weighted by Crippen LogP contribution is -2.39. The van der Waals surface area contributed by atoms with Crippen LogP contribution >= 0.6 is 0 Å². The highest BCUT2D eigenvalue weighted by Gasteiger charge is 2.36. The SMILES string of the molecule is O=C1CC(O)C(C2CCCCC2)N1. The molecule has 0 aromatic heterocycles. The second-order valence-corrected chi connectivity index (χ2v) is 4.26. The number of aliphatic hydroxyl groups excluding tert-OH is 1. The zero-order valence-corrected chi connectivity index (χ0v) is 7.83. The summed E-state index contributed by atoms with van der Waals surface area (Å²) in [5.41, 5.74) is 0. The number of nitrogens with one attached hydrogen (secondary N) is 1. The van der Waals surface area contributed by atoms with Gasteiger partial charge >= 0.3 is 0 Å². The van der Waals surface area contributed by atoms with E-state index in [1.54, 1.807) is 0 Å². The van der Waals surface area contributed by atoms with E-state index in [0.29, 0.717) is 12.3 Å². The minimum absolute atomic E-state index is 0.0167. The summed E-state index contributed by atoms with van der Waals surface area (Å²) < 4.78 is 0. The summed E-state index contributed by atoms with van der Waals surface area (Å²) in [4.78, 5) is 11.0. The van der Waals surface area contributed by atoms with E-state index in [0.717, 1.165) is 0 Å². The van der Waals surface area contributed by atoms with Gasteiger partial charge in [-0.1, -0.05) is 19.3 Å². The lowest BCUT2D eigenvalue weighted by atomic mass is 9.82. The third kappa shape index (κ3) is 1.85. The summed E-state index contributed by atoms with van der Waals surface area (Å²) in [7, 11) is 0. The molecule has 74 valence electrons. The van der Waals surface area contributed by atoms with Gasteiger partial charge in [0, 0.05) is 0 Å². The molecule has 0 radical (unpaired) electrons. The molecule has 0 bridgehead atoms. The van der Waals surface area contributed by atoms with Crippen LogP contribution in [0.15, 0.2) is 0 Å². The molecular weight excluding hydrogens is 166 g/mol.